The van der Waals surface area contributed by atoms with E-state index in [4.69, 9.17) is 5.73 Å². The van der Waals surface area contributed by atoms with Crippen molar-refractivity contribution < 1.29 is 0 Å². The lowest BCUT2D eigenvalue weighted by atomic mass is 10.2. The number of anilines is 1. The summed E-state index contributed by atoms with van der Waals surface area (Å²) >= 11 is 0. The Kier molecular flexibility index (Phi) is 5.85. The first-order valence-electron chi connectivity index (χ1n) is 6.60. The molecule has 0 aliphatic heterocycles. The van der Waals surface area contributed by atoms with Crippen molar-refractivity contribution in [2.45, 2.75) is 33.7 Å². The van der Waals surface area contributed by atoms with Gasteiger partial charge in [0.15, 0.2) is 5.82 Å². The molecule has 0 unspecified atom stereocenters. The average molecular weight is 252 g/mol. The van der Waals surface area contributed by atoms with Crippen LogP contribution in [0.3, 0.4) is 0 Å². The zero-order valence-electron chi connectivity index (χ0n) is 11.6. The van der Waals surface area contributed by atoms with E-state index in [9.17, 15) is 4.79 Å². The van der Waals surface area contributed by atoms with Crippen LogP contribution in [0, 0.1) is 5.92 Å². The molecule has 1 heterocycles. The van der Waals surface area contributed by atoms with E-state index in [1.165, 1.54) is 0 Å². The fourth-order valence-corrected chi connectivity index (χ4v) is 1.89. The van der Waals surface area contributed by atoms with Gasteiger partial charge in [0.2, 0.25) is 0 Å². The molecule has 0 saturated heterocycles. The molecule has 18 heavy (non-hydrogen) atoms. The van der Waals surface area contributed by atoms with Gasteiger partial charge in [-0.2, -0.15) is 0 Å². The highest BCUT2D eigenvalue weighted by molar-refractivity contribution is 5.35. The van der Waals surface area contributed by atoms with Crippen LogP contribution in [0.15, 0.2) is 17.2 Å². The first-order valence-corrected chi connectivity index (χ1v) is 6.60. The lowest BCUT2D eigenvalue weighted by Gasteiger charge is -2.21. The van der Waals surface area contributed by atoms with E-state index >= 15 is 0 Å². The molecule has 0 bridgehead atoms. The summed E-state index contributed by atoms with van der Waals surface area (Å²) in [6.45, 7) is 9.12. The van der Waals surface area contributed by atoms with Gasteiger partial charge < -0.3 is 15.2 Å². The lowest BCUT2D eigenvalue weighted by molar-refractivity contribution is 0.508. The molecule has 0 atom stereocenters. The van der Waals surface area contributed by atoms with Gasteiger partial charge in [-0.25, -0.2) is 4.98 Å². The van der Waals surface area contributed by atoms with Crippen molar-refractivity contribution in [3.63, 3.8) is 0 Å². The molecule has 1 rings (SSSR count). The van der Waals surface area contributed by atoms with Crippen LogP contribution in [0.5, 0.6) is 0 Å². The Labute approximate surface area is 109 Å². The smallest absolute Gasteiger partial charge is 0.293 e. The highest BCUT2D eigenvalue weighted by Crippen LogP contribution is 2.05. The van der Waals surface area contributed by atoms with Crippen molar-refractivity contribution in [2.75, 3.05) is 24.5 Å². The van der Waals surface area contributed by atoms with Gasteiger partial charge in [0.05, 0.1) is 0 Å². The Morgan fingerprint density at radius 1 is 1.50 bits per heavy atom. The van der Waals surface area contributed by atoms with Crippen LogP contribution in [0.2, 0.25) is 0 Å². The molecule has 0 spiro atoms. The minimum atomic E-state index is -0.00919. The molecule has 0 amide bonds. The third-order valence-electron chi connectivity index (χ3n) is 2.77. The number of aromatic nitrogens is 2. The maximum Gasteiger partial charge on any atom is 0.293 e. The summed E-state index contributed by atoms with van der Waals surface area (Å²) in [5.74, 6) is 0.978. The van der Waals surface area contributed by atoms with Crippen LogP contribution in [0.1, 0.15) is 27.2 Å². The molecular formula is C13H24N4O. The minimum absolute atomic E-state index is 0.00919. The summed E-state index contributed by atoms with van der Waals surface area (Å²) in [5, 5.41) is 0. The van der Waals surface area contributed by atoms with Crippen LogP contribution < -0.4 is 16.2 Å². The lowest BCUT2D eigenvalue weighted by Crippen LogP contribution is -2.35. The van der Waals surface area contributed by atoms with Crippen LogP contribution >= 0.6 is 0 Å². The summed E-state index contributed by atoms with van der Waals surface area (Å²) in [6.07, 6.45) is 4.32. The van der Waals surface area contributed by atoms with Gasteiger partial charge in [-0.1, -0.05) is 13.8 Å². The van der Waals surface area contributed by atoms with E-state index in [1.54, 1.807) is 17.0 Å². The molecule has 102 valence electrons. The van der Waals surface area contributed by atoms with Crippen molar-refractivity contribution in [3.8, 4) is 0 Å². The topological polar surface area (TPSA) is 64.2 Å². The van der Waals surface area contributed by atoms with E-state index in [0.29, 0.717) is 18.3 Å². The molecule has 2 N–H and O–H groups in total. The third-order valence-corrected chi connectivity index (χ3v) is 2.77. The molecule has 0 aliphatic carbocycles. The summed E-state index contributed by atoms with van der Waals surface area (Å²) < 4.78 is 1.73. The molecule has 0 saturated carbocycles. The molecule has 0 radical (unpaired) electrons. The first kappa shape index (κ1) is 14.7. The van der Waals surface area contributed by atoms with Gasteiger partial charge in [-0.3, -0.25) is 4.79 Å². The molecular weight excluding hydrogens is 228 g/mol. The van der Waals surface area contributed by atoms with Crippen LogP contribution in [0.25, 0.3) is 0 Å². The van der Waals surface area contributed by atoms with Crippen molar-refractivity contribution in [1.82, 2.24) is 9.55 Å². The van der Waals surface area contributed by atoms with Crippen molar-refractivity contribution in [1.29, 1.82) is 0 Å². The zero-order chi connectivity index (χ0) is 13.5. The third kappa shape index (κ3) is 3.84. The van der Waals surface area contributed by atoms with Crippen LogP contribution in [-0.4, -0.2) is 29.2 Å². The Balaban J connectivity index is 2.97. The Hall–Kier alpha value is -1.36. The van der Waals surface area contributed by atoms with Crippen LogP contribution in [-0.2, 0) is 6.54 Å². The molecule has 0 aromatic carbocycles. The van der Waals surface area contributed by atoms with Gasteiger partial charge >= 0.3 is 0 Å². The second-order valence-electron chi connectivity index (χ2n) is 4.82. The van der Waals surface area contributed by atoms with E-state index < -0.39 is 0 Å². The monoisotopic (exact) mass is 252 g/mol. The van der Waals surface area contributed by atoms with Crippen molar-refractivity contribution in [3.05, 3.63) is 22.7 Å². The van der Waals surface area contributed by atoms with Crippen molar-refractivity contribution in [2.24, 2.45) is 11.7 Å². The zero-order valence-corrected chi connectivity index (χ0v) is 11.6. The maximum absolute atomic E-state index is 12.3. The fraction of sp³-hybridized carbons (Fsp3) is 0.692. The van der Waals surface area contributed by atoms with Gasteiger partial charge in [0.1, 0.15) is 0 Å². The van der Waals surface area contributed by atoms with E-state index in [2.05, 4.69) is 18.8 Å². The SMILES string of the molecule is CCN(CCCN)c1nccn(CC(C)C)c1=O. The second kappa shape index (κ2) is 7.16. The van der Waals surface area contributed by atoms with Crippen molar-refractivity contribution >= 4 is 5.82 Å². The Bertz CT molecular complexity index is 414. The summed E-state index contributed by atoms with van der Waals surface area (Å²) in [7, 11) is 0. The number of hydrogen-bond donors (Lipinski definition) is 1. The van der Waals surface area contributed by atoms with E-state index in [0.717, 1.165) is 26.1 Å². The number of hydrogen-bond acceptors (Lipinski definition) is 4. The van der Waals surface area contributed by atoms with E-state index in [-0.39, 0.29) is 5.56 Å². The van der Waals surface area contributed by atoms with Gasteiger partial charge in [-0.05, 0) is 25.8 Å². The molecule has 0 fully saturated rings. The molecule has 5 nitrogen and oxygen atoms in total. The highest BCUT2D eigenvalue weighted by atomic mass is 16.1. The predicted octanol–water partition coefficient (Wildman–Crippen LogP) is 1.07. The quantitative estimate of drug-likeness (QED) is 0.788. The van der Waals surface area contributed by atoms with Crippen LogP contribution in [0.4, 0.5) is 5.82 Å². The van der Waals surface area contributed by atoms with Gasteiger partial charge in [-0.15, -0.1) is 0 Å². The standard InChI is InChI=1S/C13H24N4O/c1-4-16(8-5-6-14)12-13(18)17(9-7-15-12)10-11(2)3/h7,9,11H,4-6,8,10,14H2,1-3H3. The summed E-state index contributed by atoms with van der Waals surface area (Å²) in [6, 6.07) is 0. The molecule has 5 heteroatoms. The largest absolute Gasteiger partial charge is 0.352 e. The number of nitrogens with two attached hydrogens (primary N) is 1. The van der Waals surface area contributed by atoms with Gasteiger partial charge in [0, 0.05) is 32.0 Å². The highest BCUT2D eigenvalue weighted by Gasteiger charge is 2.12. The molecule has 1 aromatic heterocycles. The Morgan fingerprint density at radius 3 is 2.78 bits per heavy atom. The summed E-state index contributed by atoms with van der Waals surface area (Å²) in [5.41, 5.74) is 5.50. The Morgan fingerprint density at radius 2 is 2.22 bits per heavy atom. The average Bonchev–Trinajstić information content (AvgIpc) is 2.33. The summed E-state index contributed by atoms with van der Waals surface area (Å²) in [4.78, 5) is 18.5. The predicted molar refractivity (Wildman–Crippen MR) is 74.9 cm³/mol. The first-order chi connectivity index (χ1) is 8.60. The normalized spacial score (nSPS) is 10.9. The van der Waals surface area contributed by atoms with Gasteiger partial charge in [0.25, 0.3) is 5.56 Å². The number of nitrogens with zero attached hydrogens (tertiary/aromatic N) is 3. The second-order valence-corrected chi connectivity index (χ2v) is 4.82. The molecule has 1 aromatic rings. The van der Waals surface area contributed by atoms with E-state index in [1.807, 2.05) is 11.8 Å². The molecule has 0 aliphatic rings. The fourth-order valence-electron chi connectivity index (χ4n) is 1.89. The maximum atomic E-state index is 12.3. The minimum Gasteiger partial charge on any atom is -0.352 e. The number of rotatable bonds is 7.